The van der Waals surface area contributed by atoms with Crippen molar-refractivity contribution in [3.63, 3.8) is 0 Å². The molecule has 0 radical (unpaired) electrons. The lowest BCUT2D eigenvalue weighted by atomic mass is 9.82. The van der Waals surface area contributed by atoms with Crippen LogP contribution in [0.4, 0.5) is 50.4 Å². The van der Waals surface area contributed by atoms with E-state index in [1.807, 2.05) is 61.6 Å². The number of methoxy groups -OCH3 is 4. The van der Waals surface area contributed by atoms with Crippen molar-refractivity contribution < 1.29 is 84.1 Å². The Balaban J connectivity index is 0.000000170. The van der Waals surface area contributed by atoms with E-state index in [1.54, 1.807) is 62.5 Å². The summed E-state index contributed by atoms with van der Waals surface area (Å²) in [4.78, 5) is 103. The van der Waals surface area contributed by atoms with Crippen molar-refractivity contribution in [2.45, 2.75) is 105 Å². The maximum absolute atomic E-state index is 14.3. The Bertz CT molecular complexity index is 5680. The molecule has 1 aliphatic heterocycles. The maximum Gasteiger partial charge on any atom is 0.498 e. The highest BCUT2D eigenvalue weighted by Gasteiger charge is 2.52. The number of ether oxygens (including phenoxy) is 6. The zero-order chi connectivity index (χ0) is 86.5. The molecular formula is C78H80BBrF4N20O14. The summed E-state index contributed by atoms with van der Waals surface area (Å²) in [5.74, 6) is -5.37. The SMILES string of the molecule is CC(C)(C)OC(=O)n1cc(B2OC(C)(C)C(C)(C)O2)cn1.CCn1cc(-c2cnc(N)c(-c3ccc(C(=O)OC)c(F)c3)n2)cn1.COC(=O)c1ccc(-c2nc(-c3cn[nH]c3)cnc2N)cc1F.COC(=O)c1ccc(-c2nc(-c3cnn(C(=O)OC(C)(C)C)c3)cnc2N)cc1F.COC(=O)c1ccc(-c2nc(Br)cnc2N)cc1F. The molecule has 12 aromatic rings. The number of anilines is 4. The lowest BCUT2D eigenvalue weighted by Crippen LogP contribution is -2.41. The Morgan fingerprint density at radius 3 is 1.14 bits per heavy atom. The van der Waals surface area contributed by atoms with Crippen LogP contribution in [0.15, 0.2) is 152 Å². The number of aryl methyl sites for hydroxylation is 1. The van der Waals surface area contributed by atoms with Gasteiger partial charge in [-0.2, -0.15) is 29.8 Å². The third-order valence-corrected chi connectivity index (χ3v) is 17.4. The molecule has 0 spiro atoms. The number of aromatic amines is 1. The molecule has 1 fully saturated rings. The monoisotopic (exact) mass is 1690 g/mol. The number of nitrogen functional groups attached to an aromatic ring is 4. The summed E-state index contributed by atoms with van der Waals surface area (Å²) < 4.78 is 101. The van der Waals surface area contributed by atoms with Gasteiger partial charge in [-0.15, -0.1) is 0 Å². The van der Waals surface area contributed by atoms with E-state index in [0.717, 1.165) is 33.1 Å². The summed E-state index contributed by atoms with van der Waals surface area (Å²) in [7, 11) is 4.20. The van der Waals surface area contributed by atoms with Crippen LogP contribution in [0.2, 0.25) is 0 Å². The number of halogens is 5. The van der Waals surface area contributed by atoms with E-state index in [1.165, 1.54) is 126 Å². The number of carbonyl (C=O) groups is 6. The number of hydrogen-bond acceptors (Lipinski definition) is 30. The van der Waals surface area contributed by atoms with Gasteiger partial charge < -0.3 is 60.7 Å². The van der Waals surface area contributed by atoms with E-state index in [9.17, 15) is 46.3 Å². The molecule has 0 atom stereocenters. The Hall–Kier alpha value is -13.8. The van der Waals surface area contributed by atoms with Crippen molar-refractivity contribution >= 4 is 87.8 Å². The van der Waals surface area contributed by atoms with Crippen LogP contribution < -0.4 is 28.4 Å². The second kappa shape index (κ2) is 37.2. The summed E-state index contributed by atoms with van der Waals surface area (Å²) >= 11 is 3.16. The van der Waals surface area contributed by atoms with E-state index in [-0.39, 0.29) is 51.2 Å². The van der Waals surface area contributed by atoms with Crippen LogP contribution in [0.25, 0.3) is 78.8 Å². The molecule has 4 aromatic carbocycles. The first-order valence-corrected chi connectivity index (χ1v) is 36.1. The predicted molar refractivity (Wildman–Crippen MR) is 427 cm³/mol. The van der Waals surface area contributed by atoms with Crippen molar-refractivity contribution in [3.05, 3.63) is 197 Å². The van der Waals surface area contributed by atoms with Crippen LogP contribution in [0, 0.1) is 23.3 Å². The topological polar surface area (TPSA) is 466 Å². The van der Waals surface area contributed by atoms with Crippen molar-refractivity contribution in [2.24, 2.45) is 0 Å². The van der Waals surface area contributed by atoms with E-state index in [0.29, 0.717) is 72.0 Å². The van der Waals surface area contributed by atoms with Gasteiger partial charge in [0, 0.05) is 81.9 Å². The minimum Gasteiger partial charge on any atom is -0.465 e. The molecule has 0 bridgehead atoms. The number of hydrogen-bond donors (Lipinski definition) is 5. The third kappa shape index (κ3) is 21.8. The zero-order valence-corrected chi connectivity index (χ0v) is 67.8. The molecule has 40 heteroatoms. The lowest BCUT2D eigenvalue weighted by Gasteiger charge is -2.32. The van der Waals surface area contributed by atoms with Gasteiger partial charge in [-0.05, 0) is 141 Å². The van der Waals surface area contributed by atoms with E-state index < -0.39 is 88.9 Å². The number of carbonyl (C=O) groups excluding carboxylic acids is 6. The zero-order valence-electron chi connectivity index (χ0n) is 66.3. The Morgan fingerprint density at radius 2 is 0.797 bits per heavy atom. The van der Waals surface area contributed by atoms with Gasteiger partial charge in [0.1, 0.15) is 85.1 Å². The normalized spacial score (nSPS) is 12.5. The molecule has 13 rings (SSSR count). The van der Waals surface area contributed by atoms with Gasteiger partial charge in [-0.3, -0.25) is 9.78 Å². The number of benzene rings is 4. The first-order valence-electron chi connectivity index (χ1n) is 35.3. The summed E-state index contributed by atoms with van der Waals surface area (Å²) in [5, 5.41) is 18.7. The smallest absolute Gasteiger partial charge is 0.465 e. The molecule has 614 valence electrons. The van der Waals surface area contributed by atoms with Gasteiger partial charge >= 0.3 is 43.2 Å². The number of H-pyrrole nitrogens is 1. The molecule has 1 saturated heterocycles. The first-order chi connectivity index (χ1) is 55.6. The van der Waals surface area contributed by atoms with Crippen LogP contribution in [-0.4, -0.2) is 173 Å². The molecule has 0 unspecified atom stereocenters. The van der Waals surface area contributed by atoms with Gasteiger partial charge in [-0.25, -0.2) is 86.2 Å². The molecule has 8 aromatic heterocycles. The van der Waals surface area contributed by atoms with Crippen LogP contribution in [0.1, 0.15) is 118 Å². The van der Waals surface area contributed by atoms with Crippen LogP contribution in [-0.2, 0) is 44.3 Å². The lowest BCUT2D eigenvalue weighted by molar-refractivity contribution is 0.00578. The number of rotatable bonds is 13. The predicted octanol–water partition coefficient (Wildman–Crippen LogP) is 12.3. The summed E-state index contributed by atoms with van der Waals surface area (Å²) in [5.41, 5.74) is 27.5. The Kier molecular flexibility index (Phi) is 27.8. The maximum atomic E-state index is 14.3. The highest BCUT2D eigenvalue weighted by atomic mass is 79.9. The molecule has 1 aliphatic rings. The van der Waals surface area contributed by atoms with Crippen molar-refractivity contribution in [1.82, 2.24) is 79.4 Å². The number of nitrogens with two attached hydrogens (primary N) is 4. The van der Waals surface area contributed by atoms with Crippen LogP contribution in [0.5, 0.6) is 0 Å². The number of nitrogens with zero attached hydrogens (tertiary/aromatic N) is 15. The van der Waals surface area contributed by atoms with Gasteiger partial charge in [0.05, 0.1) is 122 Å². The minimum absolute atomic E-state index is 0.0727. The fourth-order valence-electron chi connectivity index (χ4n) is 10.4. The number of aromatic nitrogens is 16. The standard InChI is InChI=1S/C20H20FN5O4.C17H16FN5O2.C15H12FN5O2.C14H23BN2O4.C12H9BrFN3O2/c1-20(2,3)30-19(28)26-10-12(8-24-26)15-9-23-17(22)16(25-15)11-5-6-13(14(21)7-11)18(27)29-4;1-3-23-9-11(7-21-23)14-8-20-16(19)15(22-14)10-4-5-12(13(18)6-10)17(24)25-2;1-23-15(22)10-3-2-8(4-11(10)16)13-14(17)18-7-12(21-13)9-5-19-20-6-9;1-12(2,3)19-11(18)17-9-10(8-16-17)15-20-13(4,5)14(6,7)21-15;1-19-12(18)7-3-2-6(4-8(7)14)10-11(15)16-5-9(13)17-10/h5-10H,1-4H3,(H2,22,23);4-9H,3H2,1-2H3,(H2,19,20);2-7H,1H3,(H2,17,18)(H,19,20);8-9H,1-7H3;2-5H,1H3,(H2,15,16). The van der Waals surface area contributed by atoms with Crippen LogP contribution >= 0.6 is 15.9 Å². The third-order valence-electron chi connectivity index (χ3n) is 17.0. The Morgan fingerprint density at radius 1 is 0.458 bits per heavy atom. The second-order valence-corrected chi connectivity index (χ2v) is 29.0. The first kappa shape index (κ1) is 88.2. The van der Waals surface area contributed by atoms with Gasteiger partial charge in [0.25, 0.3) is 0 Å². The minimum atomic E-state index is -0.790. The number of nitrogens with one attached hydrogen (secondary N) is 1. The highest BCUT2D eigenvalue weighted by molar-refractivity contribution is 9.10. The van der Waals surface area contributed by atoms with Crippen molar-refractivity contribution in [2.75, 3.05) is 51.4 Å². The van der Waals surface area contributed by atoms with E-state index in [2.05, 4.69) is 100 Å². The molecule has 118 heavy (non-hydrogen) atoms. The quantitative estimate of drug-likeness (QED) is 0.0310. The largest absolute Gasteiger partial charge is 0.498 e. The molecule has 0 saturated carbocycles. The van der Waals surface area contributed by atoms with Crippen molar-refractivity contribution in [1.29, 1.82) is 0 Å². The summed E-state index contributed by atoms with van der Waals surface area (Å²) in [6.07, 6.45) is 17.5. The fourth-order valence-corrected chi connectivity index (χ4v) is 10.6. The summed E-state index contributed by atoms with van der Waals surface area (Å²) in [6, 6.07) is 16.0. The van der Waals surface area contributed by atoms with E-state index in [4.69, 9.17) is 41.7 Å². The van der Waals surface area contributed by atoms with Crippen LogP contribution in [0.3, 0.4) is 0 Å². The molecular weight excluding hydrogens is 1610 g/mol. The van der Waals surface area contributed by atoms with E-state index >= 15 is 0 Å². The second-order valence-electron chi connectivity index (χ2n) is 28.2. The average molecular weight is 1690 g/mol. The fraction of sp³-hybridized carbons (Fsp3) is 0.256. The van der Waals surface area contributed by atoms with Gasteiger partial charge in [0.2, 0.25) is 0 Å². The Labute approximate surface area is 680 Å². The molecule has 34 nitrogen and oxygen atoms in total. The average Bonchev–Trinajstić information content (AvgIpc) is 1.61. The van der Waals surface area contributed by atoms with Gasteiger partial charge in [0.15, 0.2) is 0 Å². The molecule has 9 heterocycles. The number of esters is 4. The molecule has 9 N–H and O–H groups in total. The highest BCUT2D eigenvalue weighted by Crippen LogP contribution is 2.37. The van der Waals surface area contributed by atoms with Gasteiger partial charge in [-0.1, -0.05) is 24.3 Å². The molecule has 0 amide bonds. The van der Waals surface area contributed by atoms with Crippen molar-refractivity contribution in [3.8, 4) is 78.8 Å². The molecule has 0 aliphatic carbocycles. The summed E-state index contributed by atoms with van der Waals surface area (Å²) in [6.45, 7) is 21.3.